The summed E-state index contributed by atoms with van der Waals surface area (Å²) in [5.74, 6) is -3.80. The van der Waals surface area contributed by atoms with Gasteiger partial charge in [-0.3, -0.25) is 24.5 Å². The first-order valence-electron chi connectivity index (χ1n) is 20.4. The molecular weight excluding hydrogens is 853 g/mol. The van der Waals surface area contributed by atoms with Gasteiger partial charge in [-0.05, 0) is 65.3 Å². The molecule has 0 aromatic heterocycles. The average molecular weight is 899 g/mol. The summed E-state index contributed by atoms with van der Waals surface area (Å²) in [6.45, 7) is 3.16. The van der Waals surface area contributed by atoms with Gasteiger partial charge in [0, 0.05) is 50.9 Å². The van der Waals surface area contributed by atoms with Crippen LogP contribution in [0.2, 0.25) is 0 Å². The number of benzene rings is 4. The first-order valence-corrected chi connectivity index (χ1v) is 20.4. The van der Waals surface area contributed by atoms with Gasteiger partial charge in [0.15, 0.2) is 18.3 Å². The zero-order valence-electron chi connectivity index (χ0n) is 35.8. The van der Waals surface area contributed by atoms with Gasteiger partial charge < -0.3 is 47.9 Å². The molecule has 1 aliphatic heterocycles. The fraction of sp³-hybridized carbons (Fsp3) is 0.348. The molecule has 1 N–H and O–H groups in total. The van der Waals surface area contributed by atoms with E-state index in [0.29, 0.717) is 31.4 Å². The molecule has 342 valence electrons. The Hall–Kier alpha value is -7.54. The van der Waals surface area contributed by atoms with Crippen molar-refractivity contribution in [1.82, 2.24) is 5.32 Å². The predicted molar refractivity (Wildman–Crippen MR) is 224 cm³/mol. The molecule has 65 heavy (non-hydrogen) atoms. The predicted octanol–water partition coefficient (Wildman–Crippen LogP) is 6.24. The molecular formula is C46H46N2O17. The van der Waals surface area contributed by atoms with Gasteiger partial charge in [-0.25, -0.2) is 14.4 Å². The standard InChI is InChI=1S/C46H46N2O17/c1-26(49)60-39-40(61-27(2)50)42(62-28(3)51)44(65-41(39)43(52)57-4)64-38-23-29(16-17-30(38)24-59-46(54)63-32-20-18-31(19-21-32)48(55)56)11-9-10-22-47-45(53)58-25-37-35-14-7-5-12-33(35)34-13-6-8-15-36(34)37/h5-8,12-21,23,37,39-42,44H,9-11,22,24-25H2,1-4H3,(H,47,53)/t39-,40-,41-,42+,44+/m0/s1. The van der Waals surface area contributed by atoms with Crippen LogP contribution in [0.1, 0.15) is 61.8 Å². The Morgan fingerprint density at radius 3 is 1.97 bits per heavy atom. The average Bonchev–Trinajstić information content (AvgIpc) is 3.59. The molecule has 0 saturated carbocycles. The van der Waals surface area contributed by atoms with E-state index in [2.05, 4.69) is 17.4 Å². The smallest absolute Gasteiger partial charge is 0.467 e. The maximum atomic E-state index is 13.0. The summed E-state index contributed by atoms with van der Waals surface area (Å²) < 4.78 is 49.6. The summed E-state index contributed by atoms with van der Waals surface area (Å²) in [4.78, 5) is 85.9. The molecule has 1 aliphatic carbocycles. The van der Waals surface area contributed by atoms with Crippen LogP contribution in [0.5, 0.6) is 11.5 Å². The Bertz CT molecular complexity index is 2360. The fourth-order valence-corrected chi connectivity index (χ4v) is 7.48. The number of nitro benzene ring substituents is 1. The quantitative estimate of drug-likeness (QED) is 0.0308. The maximum absolute atomic E-state index is 13.0. The number of nitrogens with zero attached hydrogens (tertiary/aromatic N) is 1. The fourth-order valence-electron chi connectivity index (χ4n) is 7.48. The first kappa shape index (κ1) is 47.0. The third kappa shape index (κ3) is 12.1. The summed E-state index contributed by atoms with van der Waals surface area (Å²) in [7, 11) is 1.05. The number of nitro groups is 1. The minimum atomic E-state index is -1.74. The second-order valence-electron chi connectivity index (χ2n) is 14.8. The molecule has 19 nitrogen and oxygen atoms in total. The summed E-state index contributed by atoms with van der Waals surface area (Å²) >= 11 is 0. The molecule has 4 aromatic carbocycles. The molecule has 1 fully saturated rings. The number of esters is 4. The highest BCUT2D eigenvalue weighted by Gasteiger charge is 2.56. The number of carbonyl (C=O) groups is 6. The molecule has 0 unspecified atom stereocenters. The number of nitrogens with one attached hydrogen (secondary N) is 1. The lowest BCUT2D eigenvalue weighted by molar-refractivity contribution is -0.384. The van der Waals surface area contributed by atoms with E-state index in [1.54, 1.807) is 18.2 Å². The number of ether oxygens (including phenoxy) is 9. The van der Waals surface area contributed by atoms with Gasteiger partial charge in [-0.15, -0.1) is 0 Å². The van der Waals surface area contributed by atoms with Crippen LogP contribution in [0.15, 0.2) is 91.0 Å². The van der Waals surface area contributed by atoms with Crippen molar-refractivity contribution in [2.75, 3.05) is 20.3 Å². The summed E-state index contributed by atoms with van der Waals surface area (Å²) in [5, 5.41) is 13.8. The van der Waals surface area contributed by atoms with Crippen LogP contribution < -0.4 is 14.8 Å². The summed E-state index contributed by atoms with van der Waals surface area (Å²) in [6.07, 6.45) is -8.53. The minimum absolute atomic E-state index is 0.000627. The highest BCUT2D eigenvalue weighted by Crippen LogP contribution is 2.44. The van der Waals surface area contributed by atoms with Gasteiger partial charge in [0.1, 0.15) is 24.7 Å². The lowest BCUT2D eigenvalue weighted by atomic mass is 9.97. The van der Waals surface area contributed by atoms with E-state index in [0.717, 1.165) is 62.3 Å². The number of unbranched alkanes of at least 4 members (excludes halogenated alkanes) is 1. The number of hydrogen-bond acceptors (Lipinski definition) is 17. The zero-order chi connectivity index (χ0) is 46.6. The molecule has 0 radical (unpaired) electrons. The number of alkyl carbamates (subject to hydrolysis) is 1. The van der Waals surface area contributed by atoms with Crippen LogP contribution in [0, 0.1) is 10.1 Å². The van der Waals surface area contributed by atoms with Crippen LogP contribution >= 0.6 is 0 Å². The molecule has 5 atom stereocenters. The summed E-state index contributed by atoms with van der Waals surface area (Å²) in [5.41, 5.74) is 5.12. The Labute approximate surface area is 372 Å². The number of methoxy groups -OCH3 is 1. The zero-order valence-corrected chi connectivity index (χ0v) is 35.8. The molecule has 6 rings (SSSR count). The Kier molecular flexibility index (Phi) is 15.7. The lowest BCUT2D eigenvalue weighted by Crippen LogP contribution is -2.64. The van der Waals surface area contributed by atoms with E-state index in [1.165, 1.54) is 12.1 Å². The van der Waals surface area contributed by atoms with Gasteiger partial charge in [-0.1, -0.05) is 60.7 Å². The Morgan fingerprint density at radius 1 is 0.738 bits per heavy atom. The molecule has 1 saturated heterocycles. The molecule has 0 bridgehead atoms. The van der Waals surface area contributed by atoms with Gasteiger partial charge in [0.05, 0.1) is 12.0 Å². The number of hydrogen-bond donors (Lipinski definition) is 1. The van der Waals surface area contributed by atoms with Crippen LogP contribution in [0.3, 0.4) is 0 Å². The van der Waals surface area contributed by atoms with Crippen LogP contribution in [-0.2, 0) is 65.4 Å². The first-order chi connectivity index (χ1) is 31.2. The van der Waals surface area contributed by atoms with Crippen molar-refractivity contribution in [3.8, 4) is 22.6 Å². The maximum Gasteiger partial charge on any atom is 0.514 e. The third-order valence-corrected chi connectivity index (χ3v) is 10.3. The van der Waals surface area contributed by atoms with Gasteiger partial charge >= 0.3 is 36.1 Å². The van der Waals surface area contributed by atoms with Crippen LogP contribution in [0.25, 0.3) is 11.1 Å². The van der Waals surface area contributed by atoms with Crippen molar-refractivity contribution >= 4 is 41.8 Å². The van der Waals surface area contributed by atoms with E-state index in [4.69, 9.17) is 42.6 Å². The van der Waals surface area contributed by atoms with Crippen molar-refractivity contribution in [2.45, 2.75) is 83.3 Å². The minimum Gasteiger partial charge on any atom is -0.467 e. The van der Waals surface area contributed by atoms with Crippen molar-refractivity contribution in [2.24, 2.45) is 0 Å². The number of aryl methyl sites for hydroxylation is 1. The molecule has 4 aromatic rings. The molecule has 19 heteroatoms. The van der Waals surface area contributed by atoms with E-state index in [9.17, 15) is 38.9 Å². The highest BCUT2D eigenvalue weighted by molar-refractivity contribution is 5.79. The highest BCUT2D eigenvalue weighted by atomic mass is 16.7. The van der Waals surface area contributed by atoms with Crippen molar-refractivity contribution in [3.05, 3.63) is 123 Å². The Balaban J connectivity index is 1.15. The topological polar surface area (TPSA) is 241 Å². The van der Waals surface area contributed by atoms with Gasteiger partial charge in [0.2, 0.25) is 12.4 Å². The second kappa shape index (κ2) is 21.7. The number of fused-ring (bicyclic) bond motifs is 3. The van der Waals surface area contributed by atoms with Crippen LogP contribution in [-0.4, -0.2) is 92.0 Å². The van der Waals surface area contributed by atoms with Crippen molar-refractivity contribution in [3.63, 3.8) is 0 Å². The van der Waals surface area contributed by atoms with Crippen LogP contribution in [0.4, 0.5) is 15.3 Å². The number of carbonyl (C=O) groups excluding carboxylic acids is 6. The number of amides is 1. The number of rotatable bonds is 17. The lowest BCUT2D eigenvalue weighted by Gasteiger charge is -2.43. The molecule has 2 aliphatic rings. The monoisotopic (exact) mass is 898 g/mol. The van der Waals surface area contributed by atoms with Crippen molar-refractivity contribution < 1.29 is 76.3 Å². The summed E-state index contributed by atoms with van der Waals surface area (Å²) in [6, 6.07) is 25.7. The largest absolute Gasteiger partial charge is 0.514 e. The van der Waals surface area contributed by atoms with E-state index >= 15 is 0 Å². The van der Waals surface area contributed by atoms with E-state index in [-0.39, 0.29) is 35.3 Å². The second-order valence-corrected chi connectivity index (χ2v) is 14.8. The number of non-ortho nitro benzene ring substituents is 1. The normalized spacial score (nSPS) is 18.4. The molecule has 0 spiro atoms. The molecule has 1 heterocycles. The van der Waals surface area contributed by atoms with Gasteiger partial charge in [-0.2, -0.15) is 0 Å². The third-order valence-electron chi connectivity index (χ3n) is 10.3. The van der Waals surface area contributed by atoms with Crippen molar-refractivity contribution in [1.29, 1.82) is 0 Å². The van der Waals surface area contributed by atoms with E-state index in [1.807, 2.05) is 36.4 Å². The Morgan fingerprint density at radius 2 is 1.35 bits per heavy atom. The van der Waals surface area contributed by atoms with Gasteiger partial charge in [0.25, 0.3) is 5.69 Å². The SMILES string of the molecule is COC(=O)[C@H]1O[C@@H](Oc2cc(CCCCNC(=O)OCC3c4ccccc4-c4ccccc43)ccc2COC(=O)Oc2ccc([N+](=O)[O-])cc2)[C@H](OC(C)=O)[C@@H](OC(C)=O)[C@@H]1OC(C)=O. The molecule has 1 amide bonds. The van der Waals surface area contributed by atoms with E-state index < -0.39 is 78.4 Å².